The molecule has 2 N–H and O–H groups in total. The number of aromatic nitrogens is 1. The van der Waals surface area contributed by atoms with Gasteiger partial charge < -0.3 is 19.9 Å². The molecule has 0 aliphatic carbocycles. The molecule has 0 radical (unpaired) electrons. The fourth-order valence-electron chi connectivity index (χ4n) is 2.67. The summed E-state index contributed by atoms with van der Waals surface area (Å²) in [4.78, 5) is 12.3. The van der Waals surface area contributed by atoms with Crippen molar-refractivity contribution in [3.05, 3.63) is 41.3 Å². The van der Waals surface area contributed by atoms with Gasteiger partial charge in [-0.15, -0.1) is 0 Å². The zero-order chi connectivity index (χ0) is 15.7. The average Bonchev–Trinajstić information content (AvgIpc) is 3.01. The summed E-state index contributed by atoms with van der Waals surface area (Å²) in [6, 6.07) is 7.25. The minimum Gasteiger partial charge on any atom is -0.488 e. The van der Waals surface area contributed by atoms with Gasteiger partial charge in [0.05, 0.1) is 6.04 Å². The SMILES string of the molecule is CCc1onc(C)c1NC(=O)N[C@H]1c2ccccc2O[C@@H]1C. The zero-order valence-corrected chi connectivity index (χ0v) is 12.8. The van der Waals surface area contributed by atoms with Gasteiger partial charge >= 0.3 is 6.03 Å². The third kappa shape index (κ3) is 2.52. The van der Waals surface area contributed by atoms with Crippen LogP contribution in [0.15, 0.2) is 28.8 Å². The van der Waals surface area contributed by atoms with Crippen LogP contribution in [-0.4, -0.2) is 17.3 Å². The minimum atomic E-state index is -0.293. The number of ether oxygens (including phenoxy) is 1. The number of aryl methyl sites for hydroxylation is 2. The molecule has 0 spiro atoms. The highest BCUT2D eigenvalue weighted by molar-refractivity contribution is 5.90. The van der Waals surface area contributed by atoms with E-state index in [1.807, 2.05) is 38.1 Å². The Kier molecular flexibility index (Phi) is 3.75. The number of carbonyl (C=O) groups excluding carboxylic acids is 1. The van der Waals surface area contributed by atoms with Crippen molar-refractivity contribution in [2.24, 2.45) is 0 Å². The Morgan fingerprint density at radius 1 is 1.36 bits per heavy atom. The number of rotatable bonds is 3. The van der Waals surface area contributed by atoms with Crippen LogP contribution in [0.5, 0.6) is 5.75 Å². The number of nitrogens with one attached hydrogen (secondary N) is 2. The molecule has 0 bridgehead atoms. The molecular weight excluding hydrogens is 282 g/mol. The van der Waals surface area contributed by atoms with Crippen molar-refractivity contribution in [1.82, 2.24) is 10.5 Å². The normalized spacial score (nSPS) is 19.4. The molecule has 0 saturated carbocycles. The molecule has 2 heterocycles. The van der Waals surface area contributed by atoms with Crippen molar-refractivity contribution in [3.63, 3.8) is 0 Å². The lowest BCUT2D eigenvalue weighted by atomic mass is 10.1. The molecule has 0 fully saturated rings. The summed E-state index contributed by atoms with van der Waals surface area (Å²) in [5.41, 5.74) is 2.30. The number of nitrogens with zero attached hydrogens (tertiary/aromatic N) is 1. The van der Waals surface area contributed by atoms with E-state index in [0.717, 1.165) is 11.3 Å². The van der Waals surface area contributed by atoms with Crippen molar-refractivity contribution < 1.29 is 14.1 Å². The Hall–Kier alpha value is -2.50. The molecule has 116 valence electrons. The van der Waals surface area contributed by atoms with E-state index < -0.39 is 0 Å². The van der Waals surface area contributed by atoms with Gasteiger partial charge in [-0.2, -0.15) is 0 Å². The van der Waals surface area contributed by atoms with Crippen LogP contribution in [0, 0.1) is 6.92 Å². The van der Waals surface area contributed by atoms with Gasteiger partial charge in [-0.05, 0) is 19.9 Å². The van der Waals surface area contributed by atoms with Crippen molar-refractivity contribution in [3.8, 4) is 5.75 Å². The third-order valence-corrected chi connectivity index (χ3v) is 3.82. The van der Waals surface area contributed by atoms with Crippen LogP contribution in [0.2, 0.25) is 0 Å². The molecule has 0 saturated heterocycles. The van der Waals surface area contributed by atoms with Gasteiger partial charge in [-0.25, -0.2) is 4.79 Å². The van der Waals surface area contributed by atoms with E-state index in [1.165, 1.54) is 0 Å². The lowest BCUT2D eigenvalue weighted by Crippen LogP contribution is -2.37. The Morgan fingerprint density at radius 3 is 2.91 bits per heavy atom. The van der Waals surface area contributed by atoms with Gasteiger partial charge in [0.1, 0.15) is 23.2 Å². The molecule has 1 aromatic heterocycles. The number of amides is 2. The van der Waals surface area contributed by atoms with E-state index >= 15 is 0 Å². The topological polar surface area (TPSA) is 76.4 Å². The van der Waals surface area contributed by atoms with Crippen LogP contribution < -0.4 is 15.4 Å². The maximum atomic E-state index is 12.3. The van der Waals surface area contributed by atoms with E-state index in [2.05, 4.69) is 15.8 Å². The second kappa shape index (κ2) is 5.71. The van der Waals surface area contributed by atoms with E-state index in [1.54, 1.807) is 6.92 Å². The Bertz CT molecular complexity index is 696. The first-order valence-corrected chi connectivity index (χ1v) is 7.38. The van der Waals surface area contributed by atoms with Crippen LogP contribution in [0.3, 0.4) is 0 Å². The van der Waals surface area contributed by atoms with E-state index in [0.29, 0.717) is 23.6 Å². The van der Waals surface area contributed by atoms with Gasteiger partial charge in [0.2, 0.25) is 0 Å². The molecule has 1 aliphatic heterocycles. The smallest absolute Gasteiger partial charge is 0.320 e. The van der Waals surface area contributed by atoms with Crippen molar-refractivity contribution in [1.29, 1.82) is 0 Å². The number of fused-ring (bicyclic) bond motifs is 1. The van der Waals surface area contributed by atoms with E-state index in [4.69, 9.17) is 9.26 Å². The first-order valence-electron chi connectivity index (χ1n) is 7.38. The van der Waals surface area contributed by atoms with Gasteiger partial charge in [0, 0.05) is 12.0 Å². The lowest BCUT2D eigenvalue weighted by Gasteiger charge is -2.17. The first-order chi connectivity index (χ1) is 10.6. The van der Waals surface area contributed by atoms with Crippen LogP contribution in [-0.2, 0) is 6.42 Å². The number of hydrogen-bond acceptors (Lipinski definition) is 4. The second-order valence-corrected chi connectivity index (χ2v) is 5.36. The summed E-state index contributed by atoms with van der Waals surface area (Å²) in [7, 11) is 0. The Morgan fingerprint density at radius 2 is 2.14 bits per heavy atom. The number of hydrogen-bond donors (Lipinski definition) is 2. The van der Waals surface area contributed by atoms with Crippen molar-refractivity contribution >= 4 is 11.7 Å². The molecular formula is C16H19N3O3. The molecule has 0 unspecified atom stereocenters. The van der Waals surface area contributed by atoms with Crippen LogP contribution in [0.25, 0.3) is 0 Å². The molecule has 1 aromatic carbocycles. The molecule has 6 heteroatoms. The minimum absolute atomic E-state index is 0.114. The lowest BCUT2D eigenvalue weighted by molar-refractivity contribution is 0.204. The predicted octanol–water partition coefficient (Wildman–Crippen LogP) is 3.19. The highest BCUT2D eigenvalue weighted by atomic mass is 16.5. The van der Waals surface area contributed by atoms with Gasteiger partial charge in [-0.3, -0.25) is 0 Å². The quantitative estimate of drug-likeness (QED) is 0.912. The van der Waals surface area contributed by atoms with Crippen molar-refractivity contribution in [2.45, 2.75) is 39.3 Å². The molecule has 6 nitrogen and oxygen atoms in total. The summed E-state index contributed by atoms with van der Waals surface area (Å²) in [6.45, 7) is 5.69. The fraction of sp³-hybridized carbons (Fsp3) is 0.375. The van der Waals surface area contributed by atoms with Gasteiger partial charge in [0.15, 0.2) is 5.76 Å². The third-order valence-electron chi connectivity index (χ3n) is 3.82. The van der Waals surface area contributed by atoms with Gasteiger partial charge in [-0.1, -0.05) is 30.3 Å². The highest BCUT2D eigenvalue weighted by Crippen LogP contribution is 2.36. The largest absolute Gasteiger partial charge is 0.488 e. The van der Waals surface area contributed by atoms with Gasteiger partial charge in [0.25, 0.3) is 0 Å². The molecule has 2 atom stereocenters. The summed E-state index contributed by atoms with van der Waals surface area (Å²) in [5, 5.41) is 9.66. The van der Waals surface area contributed by atoms with E-state index in [9.17, 15) is 4.79 Å². The summed E-state index contributed by atoms with van der Waals surface area (Å²) < 4.78 is 10.9. The number of anilines is 1. The molecule has 2 amide bonds. The van der Waals surface area contributed by atoms with E-state index in [-0.39, 0.29) is 18.2 Å². The number of para-hydroxylation sites is 1. The maximum absolute atomic E-state index is 12.3. The summed E-state index contributed by atoms with van der Waals surface area (Å²) in [5.74, 6) is 1.49. The number of carbonyl (C=O) groups is 1. The molecule has 2 aromatic rings. The van der Waals surface area contributed by atoms with Crippen LogP contribution >= 0.6 is 0 Å². The fourth-order valence-corrected chi connectivity index (χ4v) is 2.67. The Balaban J connectivity index is 1.74. The number of urea groups is 1. The molecule has 3 rings (SSSR count). The van der Waals surface area contributed by atoms with Crippen LogP contribution in [0.1, 0.15) is 36.9 Å². The zero-order valence-electron chi connectivity index (χ0n) is 12.8. The van der Waals surface area contributed by atoms with Crippen LogP contribution in [0.4, 0.5) is 10.5 Å². The maximum Gasteiger partial charge on any atom is 0.320 e. The summed E-state index contributed by atoms with van der Waals surface area (Å²) in [6.07, 6.45) is 0.555. The Labute approximate surface area is 128 Å². The average molecular weight is 301 g/mol. The first kappa shape index (κ1) is 14.4. The second-order valence-electron chi connectivity index (χ2n) is 5.36. The van der Waals surface area contributed by atoms with Crippen molar-refractivity contribution in [2.75, 3.05) is 5.32 Å². The monoisotopic (exact) mass is 301 g/mol. The predicted molar refractivity (Wildman–Crippen MR) is 82.0 cm³/mol. The number of benzene rings is 1. The molecule has 22 heavy (non-hydrogen) atoms. The molecule has 1 aliphatic rings. The highest BCUT2D eigenvalue weighted by Gasteiger charge is 2.32. The standard InChI is InChI=1S/C16H19N3O3/c1-4-12-14(9(2)19-22-12)17-16(20)18-15-10(3)21-13-8-6-5-7-11(13)15/h5-8,10,15H,4H2,1-3H3,(H2,17,18,20)/t10-,15-/m1/s1. The summed E-state index contributed by atoms with van der Waals surface area (Å²) >= 11 is 0.